The van der Waals surface area contributed by atoms with Gasteiger partial charge in [-0.3, -0.25) is 0 Å². The maximum Gasteiger partial charge on any atom is 0.127 e. The molecule has 3 rings (SSSR count). The molecule has 1 saturated carbocycles. The van der Waals surface area contributed by atoms with Crippen LogP contribution in [0, 0.1) is 5.92 Å². The van der Waals surface area contributed by atoms with Crippen LogP contribution in [0.15, 0.2) is 22.7 Å². The molecule has 1 aliphatic carbocycles. The second kappa shape index (κ2) is 3.99. The number of hydrogen-bond acceptors (Lipinski definition) is 2. The van der Waals surface area contributed by atoms with E-state index in [0.29, 0.717) is 6.42 Å². The summed E-state index contributed by atoms with van der Waals surface area (Å²) in [6.07, 6.45) is 4.02. The van der Waals surface area contributed by atoms with E-state index in [1.165, 1.54) is 12.8 Å². The number of aliphatic hydroxyl groups excluding tert-OH is 1. The fraction of sp³-hybridized carbons (Fsp3) is 0.571. The van der Waals surface area contributed by atoms with Crippen molar-refractivity contribution in [2.75, 3.05) is 0 Å². The van der Waals surface area contributed by atoms with Crippen LogP contribution < -0.4 is 4.74 Å². The lowest BCUT2D eigenvalue weighted by Crippen LogP contribution is -2.38. The Morgan fingerprint density at radius 1 is 1.47 bits per heavy atom. The van der Waals surface area contributed by atoms with E-state index >= 15 is 0 Å². The van der Waals surface area contributed by atoms with Gasteiger partial charge in [0, 0.05) is 16.5 Å². The van der Waals surface area contributed by atoms with Gasteiger partial charge in [0.05, 0.1) is 6.10 Å². The highest BCUT2D eigenvalue weighted by Crippen LogP contribution is 2.46. The highest BCUT2D eigenvalue weighted by molar-refractivity contribution is 9.10. The Morgan fingerprint density at radius 2 is 2.24 bits per heavy atom. The Bertz CT molecular complexity index is 442. The molecule has 1 fully saturated rings. The topological polar surface area (TPSA) is 29.5 Å². The Hall–Kier alpha value is -0.540. The van der Waals surface area contributed by atoms with Crippen molar-refractivity contribution in [1.82, 2.24) is 0 Å². The van der Waals surface area contributed by atoms with E-state index in [-0.39, 0.29) is 5.60 Å². The summed E-state index contributed by atoms with van der Waals surface area (Å²) in [5.74, 6) is 1.64. The summed E-state index contributed by atoms with van der Waals surface area (Å²) in [5, 5.41) is 10.2. The second-order valence-electron chi connectivity index (χ2n) is 5.60. The monoisotopic (exact) mass is 296 g/mol. The summed E-state index contributed by atoms with van der Waals surface area (Å²) in [7, 11) is 0. The van der Waals surface area contributed by atoms with Gasteiger partial charge in [-0.25, -0.2) is 0 Å². The van der Waals surface area contributed by atoms with Gasteiger partial charge in [0.1, 0.15) is 11.4 Å². The number of halogens is 1. The molecule has 0 amide bonds. The number of aliphatic hydroxyl groups is 1. The third-order valence-corrected chi connectivity index (χ3v) is 4.23. The predicted molar refractivity (Wildman–Crippen MR) is 70.1 cm³/mol. The van der Waals surface area contributed by atoms with Crippen LogP contribution in [0.2, 0.25) is 0 Å². The van der Waals surface area contributed by atoms with Gasteiger partial charge in [0.15, 0.2) is 0 Å². The number of ether oxygens (including phenoxy) is 1. The van der Waals surface area contributed by atoms with Gasteiger partial charge in [0.2, 0.25) is 0 Å². The van der Waals surface area contributed by atoms with Gasteiger partial charge >= 0.3 is 0 Å². The molecule has 1 aromatic rings. The number of fused-ring (bicyclic) bond motifs is 1. The van der Waals surface area contributed by atoms with Gasteiger partial charge in [-0.2, -0.15) is 0 Å². The van der Waals surface area contributed by atoms with Crippen molar-refractivity contribution in [1.29, 1.82) is 0 Å². The lowest BCUT2D eigenvalue weighted by atomic mass is 9.86. The zero-order valence-electron chi connectivity index (χ0n) is 9.95. The molecule has 0 bridgehead atoms. The lowest BCUT2D eigenvalue weighted by molar-refractivity contribution is -0.0105. The molecule has 1 N–H and O–H groups in total. The smallest absolute Gasteiger partial charge is 0.127 e. The summed E-state index contributed by atoms with van der Waals surface area (Å²) >= 11 is 3.45. The molecule has 0 saturated heterocycles. The van der Waals surface area contributed by atoms with Crippen LogP contribution in [0.25, 0.3) is 0 Å². The average molecular weight is 297 g/mol. The van der Waals surface area contributed by atoms with Crippen LogP contribution in [0.1, 0.15) is 44.3 Å². The van der Waals surface area contributed by atoms with Gasteiger partial charge in [0.25, 0.3) is 0 Å². The van der Waals surface area contributed by atoms with E-state index in [9.17, 15) is 5.11 Å². The minimum atomic E-state index is -0.393. The molecule has 1 unspecified atom stereocenters. The van der Waals surface area contributed by atoms with Crippen molar-refractivity contribution in [3.8, 4) is 5.75 Å². The molecule has 1 aliphatic heterocycles. The second-order valence-corrected chi connectivity index (χ2v) is 6.52. The fourth-order valence-electron chi connectivity index (χ4n) is 2.76. The van der Waals surface area contributed by atoms with Crippen LogP contribution in [-0.4, -0.2) is 10.7 Å². The van der Waals surface area contributed by atoms with Gasteiger partial charge < -0.3 is 9.84 Å². The Balaban J connectivity index is 1.89. The first-order chi connectivity index (χ1) is 8.06. The van der Waals surface area contributed by atoms with Crippen molar-refractivity contribution in [2.45, 2.75) is 44.3 Å². The Labute approximate surface area is 110 Å². The third kappa shape index (κ3) is 2.36. The van der Waals surface area contributed by atoms with Crippen LogP contribution in [0.5, 0.6) is 5.75 Å². The summed E-state index contributed by atoms with van der Waals surface area (Å²) in [5.41, 5.74) is 0.718. The molecule has 17 heavy (non-hydrogen) atoms. The summed E-state index contributed by atoms with van der Waals surface area (Å²) in [4.78, 5) is 0. The standard InChI is InChI=1S/C14H17BrO2/c1-14(7-9-2-3-9)8-12(16)11-5-4-10(15)6-13(11)17-14/h4-6,9,12,16H,2-3,7-8H2,1H3/t12-,14?/m1/s1. The maximum absolute atomic E-state index is 10.2. The highest BCUT2D eigenvalue weighted by Gasteiger charge is 2.40. The molecule has 2 nitrogen and oxygen atoms in total. The van der Waals surface area contributed by atoms with Crippen molar-refractivity contribution in [2.24, 2.45) is 5.92 Å². The number of benzene rings is 1. The zero-order chi connectivity index (χ0) is 12.0. The summed E-state index contributed by atoms with van der Waals surface area (Å²) < 4.78 is 7.13. The largest absolute Gasteiger partial charge is 0.487 e. The Morgan fingerprint density at radius 3 is 2.94 bits per heavy atom. The minimum absolute atomic E-state index is 0.200. The number of hydrogen-bond donors (Lipinski definition) is 1. The first-order valence-corrected chi connectivity index (χ1v) is 7.02. The van der Waals surface area contributed by atoms with Crippen LogP contribution in [-0.2, 0) is 0 Å². The van der Waals surface area contributed by atoms with E-state index in [1.54, 1.807) is 0 Å². The first kappa shape index (κ1) is 11.5. The minimum Gasteiger partial charge on any atom is -0.487 e. The van der Waals surface area contributed by atoms with Crippen molar-refractivity contribution in [3.63, 3.8) is 0 Å². The van der Waals surface area contributed by atoms with Gasteiger partial charge in [-0.15, -0.1) is 0 Å². The van der Waals surface area contributed by atoms with E-state index in [4.69, 9.17) is 4.74 Å². The Kier molecular flexibility index (Phi) is 2.71. The van der Waals surface area contributed by atoms with Crippen molar-refractivity contribution < 1.29 is 9.84 Å². The first-order valence-electron chi connectivity index (χ1n) is 6.22. The van der Waals surface area contributed by atoms with Crippen molar-refractivity contribution >= 4 is 15.9 Å². The molecule has 1 aromatic carbocycles. The molecule has 0 radical (unpaired) electrons. The molecule has 2 atom stereocenters. The molecule has 1 heterocycles. The SMILES string of the molecule is CC1(CC2CC2)C[C@@H](O)c2ccc(Br)cc2O1. The molecule has 3 heteroatoms. The number of rotatable bonds is 2. The molecule has 0 aromatic heterocycles. The third-order valence-electron chi connectivity index (χ3n) is 3.73. The molecular weight excluding hydrogens is 280 g/mol. The zero-order valence-corrected chi connectivity index (χ0v) is 11.5. The van der Waals surface area contributed by atoms with E-state index in [1.807, 2.05) is 18.2 Å². The normalized spacial score (nSPS) is 31.8. The summed E-state index contributed by atoms with van der Waals surface area (Å²) in [6, 6.07) is 5.86. The predicted octanol–water partition coefficient (Wildman–Crippen LogP) is 3.82. The quantitative estimate of drug-likeness (QED) is 0.899. The molecular formula is C14H17BrO2. The van der Waals surface area contributed by atoms with E-state index in [2.05, 4.69) is 22.9 Å². The van der Waals surface area contributed by atoms with Crippen LogP contribution >= 0.6 is 15.9 Å². The van der Waals surface area contributed by atoms with E-state index in [0.717, 1.165) is 28.1 Å². The molecule has 2 aliphatic rings. The lowest BCUT2D eigenvalue weighted by Gasteiger charge is -2.38. The molecule has 92 valence electrons. The summed E-state index contributed by atoms with van der Waals surface area (Å²) in [6.45, 7) is 2.12. The van der Waals surface area contributed by atoms with E-state index < -0.39 is 6.10 Å². The van der Waals surface area contributed by atoms with Crippen LogP contribution in [0.4, 0.5) is 0 Å². The average Bonchev–Trinajstić information content (AvgIpc) is 2.99. The fourth-order valence-corrected chi connectivity index (χ4v) is 3.10. The highest BCUT2D eigenvalue weighted by atomic mass is 79.9. The maximum atomic E-state index is 10.2. The van der Waals surface area contributed by atoms with Crippen molar-refractivity contribution in [3.05, 3.63) is 28.2 Å². The molecule has 0 spiro atoms. The van der Waals surface area contributed by atoms with Gasteiger partial charge in [-0.05, 0) is 31.4 Å². The van der Waals surface area contributed by atoms with Crippen LogP contribution in [0.3, 0.4) is 0 Å². The van der Waals surface area contributed by atoms with Gasteiger partial charge in [-0.1, -0.05) is 34.8 Å².